The molecule has 0 saturated heterocycles. The van der Waals surface area contributed by atoms with Gasteiger partial charge >= 0.3 is 0 Å². The lowest BCUT2D eigenvalue weighted by Crippen LogP contribution is -2.30. The van der Waals surface area contributed by atoms with E-state index in [1.165, 1.54) is 22.1 Å². The van der Waals surface area contributed by atoms with Gasteiger partial charge in [0.2, 0.25) is 0 Å². The molecule has 1 amide bonds. The minimum Gasteiger partial charge on any atom is -0.484 e. The Balaban J connectivity index is 1.46. The highest BCUT2D eigenvalue weighted by molar-refractivity contribution is 5.77. The molecule has 0 saturated carbocycles. The minimum atomic E-state index is -0.151. The number of benzene rings is 2. The molecule has 3 rings (SSSR count). The quantitative estimate of drug-likeness (QED) is 0.710. The predicted molar refractivity (Wildman–Crippen MR) is 92.5 cm³/mol. The first-order valence-corrected chi connectivity index (χ1v) is 8.00. The molecule has 25 heavy (non-hydrogen) atoms. The smallest absolute Gasteiger partial charge is 0.257 e. The Morgan fingerprint density at radius 2 is 2.08 bits per heavy atom. The van der Waals surface area contributed by atoms with Crippen LogP contribution in [-0.4, -0.2) is 39.3 Å². The second kappa shape index (κ2) is 8.05. The van der Waals surface area contributed by atoms with E-state index in [1.807, 2.05) is 24.3 Å². The summed E-state index contributed by atoms with van der Waals surface area (Å²) in [5.74, 6) is 0.434. The van der Waals surface area contributed by atoms with Gasteiger partial charge in [-0.25, -0.2) is 4.68 Å². The molecule has 1 N–H and O–H groups in total. The Labute approximate surface area is 145 Å². The van der Waals surface area contributed by atoms with Crippen LogP contribution in [0, 0.1) is 6.92 Å². The maximum Gasteiger partial charge on any atom is 0.257 e. The molecule has 0 aliphatic heterocycles. The highest BCUT2D eigenvalue weighted by atomic mass is 16.5. The number of rotatable bonds is 7. The van der Waals surface area contributed by atoms with Crippen molar-refractivity contribution in [2.24, 2.45) is 0 Å². The van der Waals surface area contributed by atoms with Crippen molar-refractivity contribution in [1.82, 2.24) is 25.5 Å². The van der Waals surface area contributed by atoms with Crippen LogP contribution in [0.1, 0.15) is 11.1 Å². The summed E-state index contributed by atoms with van der Waals surface area (Å²) in [7, 11) is 0. The molecule has 0 bridgehead atoms. The van der Waals surface area contributed by atoms with Crippen LogP contribution in [0.4, 0.5) is 0 Å². The molecule has 3 aromatic rings. The number of nitrogens with zero attached hydrogens (tertiary/aromatic N) is 4. The first kappa shape index (κ1) is 16.6. The van der Waals surface area contributed by atoms with E-state index in [1.54, 1.807) is 12.1 Å². The summed E-state index contributed by atoms with van der Waals surface area (Å²) in [6.45, 7) is 2.61. The monoisotopic (exact) mass is 337 g/mol. The van der Waals surface area contributed by atoms with Crippen LogP contribution < -0.4 is 10.1 Å². The summed E-state index contributed by atoms with van der Waals surface area (Å²) in [6, 6.07) is 15.4. The van der Waals surface area contributed by atoms with E-state index < -0.39 is 0 Å². The van der Waals surface area contributed by atoms with Crippen molar-refractivity contribution in [1.29, 1.82) is 0 Å². The van der Waals surface area contributed by atoms with Crippen LogP contribution in [0.25, 0.3) is 5.69 Å². The van der Waals surface area contributed by atoms with E-state index in [0.29, 0.717) is 12.3 Å². The topological polar surface area (TPSA) is 81.9 Å². The van der Waals surface area contributed by atoms with Crippen molar-refractivity contribution in [2.45, 2.75) is 13.3 Å². The molecule has 0 fully saturated rings. The molecule has 0 atom stereocenters. The molecule has 0 spiro atoms. The minimum absolute atomic E-state index is 0.0349. The highest BCUT2D eigenvalue weighted by Gasteiger charge is 2.05. The first-order valence-electron chi connectivity index (χ1n) is 8.00. The van der Waals surface area contributed by atoms with Gasteiger partial charge in [0.1, 0.15) is 12.1 Å². The summed E-state index contributed by atoms with van der Waals surface area (Å²) in [5, 5.41) is 13.9. The number of tetrazole rings is 1. The molecular formula is C18H19N5O2. The number of ether oxygens (including phenoxy) is 1. The lowest BCUT2D eigenvalue weighted by atomic mass is 10.1. The van der Waals surface area contributed by atoms with Gasteiger partial charge in [-0.05, 0) is 47.0 Å². The van der Waals surface area contributed by atoms with Gasteiger partial charge in [0.25, 0.3) is 5.91 Å². The van der Waals surface area contributed by atoms with Crippen LogP contribution >= 0.6 is 0 Å². The number of nitrogens with one attached hydrogen (secondary N) is 1. The lowest BCUT2D eigenvalue weighted by molar-refractivity contribution is -0.123. The third-order valence-corrected chi connectivity index (χ3v) is 3.78. The fraction of sp³-hybridized carbons (Fsp3) is 0.222. The van der Waals surface area contributed by atoms with E-state index in [-0.39, 0.29) is 12.5 Å². The normalized spacial score (nSPS) is 10.4. The Morgan fingerprint density at radius 3 is 2.88 bits per heavy atom. The Morgan fingerprint density at radius 1 is 1.20 bits per heavy atom. The molecule has 0 unspecified atom stereocenters. The molecule has 2 aromatic carbocycles. The van der Waals surface area contributed by atoms with Gasteiger partial charge in [-0.3, -0.25) is 4.79 Å². The number of carbonyl (C=O) groups is 1. The zero-order chi connectivity index (χ0) is 17.5. The fourth-order valence-electron chi connectivity index (χ4n) is 2.42. The third-order valence-electron chi connectivity index (χ3n) is 3.78. The number of amides is 1. The van der Waals surface area contributed by atoms with Crippen LogP contribution in [0.3, 0.4) is 0 Å². The summed E-state index contributed by atoms with van der Waals surface area (Å²) >= 11 is 0. The molecule has 1 heterocycles. The van der Waals surface area contributed by atoms with E-state index in [2.05, 4.69) is 39.9 Å². The van der Waals surface area contributed by atoms with E-state index in [9.17, 15) is 4.79 Å². The highest BCUT2D eigenvalue weighted by Crippen LogP contribution is 2.15. The summed E-state index contributed by atoms with van der Waals surface area (Å²) in [6.07, 6.45) is 2.30. The van der Waals surface area contributed by atoms with Gasteiger partial charge in [-0.15, -0.1) is 5.10 Å². The number of aromatic nitrogens is 4. The maximum atomic E-state index is 11.9. The van der Waals surface area contributed by atoms with Crippen LogP contribution in [0.15, 0.2) is 54.9 Å². The van der Waals surface area contributed by atoms with Gasteiger partial charge in [0, 0.05) is 12.6 Å². The summed E-state index contributed by atoms with van der Waals surface area (Å²) in [4.78, 5) is 11.9. The van der Waals surface area contributed by atoms with Crippen molar-refractivity contribution in [2.75, 3.05) is 13.2 Å². The SMILES string of the molecule is Cc1ccccc1CCNC(=O)COc1cccc(-n2cnnn2)c1. The molecular weight excluding hydrogens is 318 g/mol. The van der Waals surface area contributed by atoms with Crippen molar-refractivity contribution < 1.29 is 9.53 Å². The Bertz CT molecular complexity index is 833. The number of hydrogen-bond donors (Lipinski definition) is 1. The molecule has 0 aliphatic rings. The molecule has 128 valence electrons. The van der Waals surface area contributed by atoms with Gasteiger partial charge < -0.3 is 10.1 Å². The van der Waals surface area contributed by atoms with Crippen molar-refractivity contribution in [3.05, 3.63) is 66.0 Å². The largest absolute Gasteiger partial charge is 0.484 e. The average molecular weight is 337 g/mol. The first-order chi connectivity index (χ1) is 12.2. The van der Waals surface area contributed by atoms with E-state index in [0.717, 1.165) is 12.1 Å². The van der Waals surface area contributed by atoms with E-state index >= 15 is 0 Å². The Kier molecular flexibility index (Phi) is 5.36. The van der Waals surface area contributed by atoms with E-state index in [4.69, 9.17) is 4.74 Å². The predicted octanol–water partition coefficient (Wildman–Crippen LogP) is 1.71. The number of carbonyl (C=O) groups excluding carboxylic acids is 1. The zero-order valence-electron chi connectivity index (χ0n) is 13.9. The average Bonchev–Trinajstić information content (AvgIpc) is 3.17. The molecule has 0 aliphatic carbocycles. The second-order valence-corrected chi connectivity index (χ2v) is 5.57. The molecule has 0 radical (unpaired) electrons. The lowest BCUT2D eigenvalue weighted by Gasteiger charge is -2.09. The fourth-order valence-corrected chi connectivity index (χ4v) is 2.42. The van der Waals surface area contributed by atoms with Crippen LogP contribution in [0.5, 0.6) is 5.75 Å². The second-order valence-electron chi connectivity index (χ2n) is 5.57. The van der Waals surface area contributed by atoms with Crippen molar-refractivity contribution >= 4 is 5.91 Å². The van der Waals surface area contributed by atoms with Gasteiger partial charge in [-0.1, -0.05) is 30.3 Å². The van der Waals surface area contributed by atoms with Gasteiger partial charge in [0.05, 0.1) is 5.69 Å². The molecule has 1 aromatic heterocycles. The third kappa shape index (κ3) is 4.63. The summed E-state index contributed by atoms with van der Waals surface area (Å²) in [5.41, 5.74) is 3.23. The van der Waals surface area contributed by atoms with Crippen molar-refractivity contribution in [3.8, 4) is 11.4 Å². The molecule has 7 heteroatoms. The number of aryl methyl sites for hydroxylation is 1. The van der Waals surface area contributed by atoms with Crippen molar-refractivity contribution in [3.63, 3.8) is 0 Å². The summed E-state index contributed by atoms with van der Waals surface area (Å²) < 4.78 is 7.06. The standard InChI is InChI=1S/C18H19N5O2/c1-14-5-2-3-6-15(14)9-10-19-18(24)12-25-17-8-4-7-16(11-17)23-13-20-21-22-23/h2-8,11,13H,9-10,12H2,1H3,(H,19,24). The maximum absolute atomic E-state index is 11.9. The van der Waals surface area contributed by atoms with Gasteiger partial charge in [-0.2, -0.15) is 0 Å². The Hall–Kier alpha value is -3.22. The van der Waals surface area contributed by atoms with Gasteiger partial charge in [0.15, 0.2) is 6.61 Å². The van der Waals surface area contributed by atoms with Crippen LogP contribution in [-0.2, 0) is 11.2 Å². The zero-order valence-corrected chi connectivity index (χ0v) is 13.9. The number of hydrogen-bond acceptors (Lipinski definition) is 5. The van der Waals surface area contributed by atoms with Crippen LogP contribution in [0.2, 0.25) is 0 Å². The molecule has 7 nitrogen and oxygen atoms in total.